The fraction of sp³-hybridized carbons (Fsp3) is 0.438. The molecule has 0 spiro atoms. The van der Waals surface area contributed by atoms with Gasteiger partial charge in [0.2, 0.25) is 0 Å². The van der Waals surface area contributed by atoms with Crippen LogP contribution in [-0.2, 0) is 6.54 Å². The van der Waals surface area contributed by atoms with Gasteiger partial charge in [0.25, 0.3) is 0 Å². The third-order valence-corrected chi connectivity index (χ3v) is 5.73. The summed E-state index contributed by atoms with van der Waals surface area (Å²) in [5.41, 5.74) is 3.36. The molecule has 1 fully saturated rings. The molecule has 0 bridgehead atoms. The third-order valence-electron chi connectivity index (χ3n) is 4.24. The molecule has 1 unspecified atom stereocenters. The molecule has 0 aliphatic carbocycles. The monoisotopic (exact) mass is 346 g/mol. The number of likely N-dealkylation sites (tertiary alicyclic amines) is 1. The van der Waals surface area contributed by atoms with E-state index in [1.54, 1.807) is 11.3 Å². The molecule has 3 aromatic heterocycles. The van der Waals surface area contributed by atoms with Crippen LogP contribution in [0.15, 0.2) is 27.4 Å². The van der Waals surface area contributed by atoms with Crippen molar-refractivity contribution in [1.82, 2.24) is 19.6 Å². The number of aryl methyl sites for hydroxylation is 1. The average Bonchev–Trinajstić information content (AvgIpc) is 3.28. The van der Waals surface area contributed by atoms with Gasteiger partial charge in [0, 0.05) is 25.1 Å². The topological polar surface area (TPSA) is 55.1 Å². The van der Waals surface area contributed by atoms with Crippen LogP contribution in [0.25, 0.3) is 10.6 Å². The van der Waals surface area contributed by atoms with Crippen molar-refractivity contribution in [3.05, 3.63) is 39.8 Å². The Kier molecular flexibility index (Phi) is 4.24. The minimum absolute atomic E-state index is 0.418. The van der Waals surface area contributed by atoms with E-state index >= 15 is 0 Å². The van der Waals surface area contributed by atoms with Gasteiger partial charge in [-0.25, -0.2) is 0 Å². The fourth-order valence-corrected chi connectivity index (χ4v) is 4.53. The molecule has 5 nitrogen and oxygen atoms in total. The van der Waals surface area contributed by atoms with E-state index in [0.717, 1.165) is 48.1 Å². The second-order valence-corrected chi connectivity index (χ2v) is 7.56. The lowest BCUT2D eigenvalue weighted by Crippen LogP contribution is -2.34. The zero-order valence-electron chi connectivity index (χ0n) is 12.9. The first kappa shape index (κ1) is 15.0. The Balaban J connectivity index is 1.53. The maximum atomic E-state index is 5.42. The van der Waals surface area contributed by atoms with E-state index in [4.69, 9.17) is 4.52 Å². The summed E-state index contributed by atoms with van der Waals surface area (Å²) in [7, 11) is 0. The smallest absolute Gasteiger partial charge is 0.180 e. The van der Waals surface area contributed by atoms with Gasteiger partial charge in [0.1, 0.15) is 4.88 Å². The largest absolute Gasteiger partial charge is 0.355 e. The van der Waals surface area contributed by atoms with Crippen LogP contribution >= 0.6 is 22.9 Å². The minimum Gasteiger partial charge on any atom is -0.355 e. The number of aromatic nitrogens is 3. The van der Waals surface area contributed by atoms with Crippen LogP contribution in [0.3, 0.4) is 0 Å². The first-order valence-electron chi connectivity index (χ1n) is 7.79. The van der Waals surface area contributed by atoms with Crippen molar-refractivity contribution < 1.29 is 4.52 Å². The lowest BCUT2D eigenvalue weighted by Gasteiger charge is -2.31. The van der Waals surface area contributed by atoms with Crippen molar-refractivity contribution in [2.45, 2.75) is 32.2 Å². The minimum atomic E-state index is 0.418. The first-order valence-corrected chi connectivity index (χ1v) is 9.50. The molecular formula is C16H18N4OS2. The number of thiophene rings is 1. The Bertz CT molecular complexity index is 765. The normalized spacial score (nSPS) is 19.3. The fourth-order valence-electron chi connectivity index (χ4n) is 3.17. The Morgan fingerprint density at radius 2 is 2.39 bits per heavy atom. The van der Waals surface area contributed by atoms with Crippen LogP contribution in [0.1, 0.15) is 35.7 Å². The average molecular weight is 346 g/mol. The van der Waals surface area contributed by atoms with Crippen LogP contribution in [0, 0.1) is 6.92 Å². The van der Waals surface area contributed by atoms with Crippen LogP contribution in [-0.4, -0.2) is 32.7 Å². The predicted molar refractivity (Wildman–Crippen MR) is 91.7 cm³/mol. The van der Waals surface area contributed by atoms with Gasteiger partial charge < -0.3 is 4.52 Å². The van der Waals surface area contributed by atoms with Gasteiger partial charge in [-0.15, -0.1) is 5.10 Å². The third kappa shape index (κ3) is 3.22. The molecule has 1 atom stereocenters. The van der Waals surface area contributed by atoms with E-state index in [9.17, 15) is 0 Å². The number of hydrogen-bond acceptors (Lipinski definition) is 7. The second-order valence-electron chi connectivity index (χ2n) is 6.03. The van der Waals surface area contributed by atoms with Crippen LogP contribution < -0.4 is 0 Å². The Hall–Kier alpha value is -1.57. The predicted octanol–water partition coefficient (Wildman–Crippen LogP) is 3.94. The highest BCUT2D eigenvalue weighted by Gasteiger charge is 2.27. The van der Waals surface area contributed by atoms with Gasteiger partial charge in [0.15, 0.2) is 5.76 Å². The van der Waals surface area contributed by atoms with Crippen molar-refractivity contribution >= 4 is 22.9 Å². The summed E-state index contributed by atoms with van der Waals surface area (Å²) in [5.74, 6) is 1.21. The highest BCUT2D eigenvalue weighted by atomic mass is 32.1. The van der Waals surface area contributed by atoms with E-state index in [2.05, 4.69) is 36.5 Å². The summed E-state index contributed by atoms with van der Waals surface area (Å²) in [4.78, 5) is 3.55. The molecule has 4 heterocycles. The molecule has 0 radical (unpaired) electrons. The summed E-state index contributed by atoms with van der Waals surface area (Å²) >= 11 is 3.17. The van der Waals surface area contributed by atoms with Crippen molar-refractivity contribution in [1.29, 1.82) is 0 Å². The van der Waals surface area contributed by atoms with E-state index in [0.29, 0.717) is 5.92 Å². The maximum absolute atomic E-state index is 5.42. The van der Waals surface area contributed by atoms with Crippen molar-refractivity contribution in [3.63, 3.8) is 0 Å². The van der Waals surface area contributed by atoms with Gasteiger partial charge in [-0.05, 0) is 60.2 Å². The SMILES string of the molecule is Cc1cc(-c2snnc2C2CCCN(Cc3ccsc3)C2)on1. The Morgan fingerprint density at radius 1 is 1.43 bits per heavy atom. The summed E-state index contributed by atoms with van der Waals surface area (Å²) < 4.78 is 9.59. The van der Waals surface area contributed by atoms with Crippen LogP contribution in [0.5, 0.6) is 0 Å². The molecule has 3 aromatic rings. The maximum Gasteiger partial charge on any atom is 0.180 e. The molecule has 1 saturated heterocycles. The lowest BCUT2D eigenvalue weighted by molar-refractivity contribution is 0.199. The quantitative estimate of drug-likeness (QED) is 0.716. The van der Waals surface area contributed by atoms with E-state index in [-0.39, 0.29) is 0 Å². The van der Waals surface area contributed by atoms with Crippen LogP contribution in [0.4, 0.5) is 0 Å². The zero-order valence-corrected chi connectivity index (χ0v) is 14.6. The van der Waals surface area contributed by atoms with E-state index in [1.807, 2.05) is 13.0 Å². The molecule has 4 rings (SSSR count). The summed E-state index contributed by atoms with van der Waals surface area (Å²) in [6, 6.07) is 4.17. The van der Waals surface area contributed by atoms with Crippen molar-refractivity contribution in [2.75, 3.05) is 13.1 Å². The molecule has 0 amide bonds. The zero-order chi connectivity index (χ0) is 15.6. The second kappa shape index (κ2) is 6.51. The Morgan fingerprint density at radius 3 is 3.17 bits per heavy atom. The number of piperidine rings is 1. The number of rotatable bonds is 4. The van der Waals surface area contributed by atoms with Gasteiger partial charge >= 0.3 is 0 Å². The molecule has 0 N–H and O–H groups in total. The van der Waals surface area contributed by atoms with Gasteiger partial charge in [-0.2, -0.15) is 11.3 Å². The molecule has 23 heavy (non-hydrogen) atoms. The molecule has 0 aromatic carbocycles. The standard InChI is InChI=1S/C16H18N4OS2/c1-11-7-14(21-18-11)16-15(17-19-23-16)13-3-2-5-20(9-13)8-12-4-6-22-10-12/h4,6-7,10,13H,2-3,5,8-9H2,1H3. The molecule has 7 heteroatoms. The molecule has 1 aliphatic heterocycles. The van der Waals surface area contributed by atoms with Gasteiger partial charge in [-0.1, -0.05) is 9.64 Å². The highest BCUT2D eigenvalue weighted by molar-refractivity contribution is 7.09. The number of nitrogens with zero attached hydrogens (tertiary/aromatic N) is 4. The van der Waals surface area contributed by atoms with Crippen molar-refractivity contribution in [2.24, 2.45) is 0 Å². The lowest BCUT2D eigenvalue weighted by atomic mass is 9.93. The number of hydrogen-bond donors (Lipinski definition) is 0. The van der Waals surface area contributed by atoms with E-state index in [1.165, 1.54) is 23.5 Å². The van der Waals surface area contributed by atoms with Crippen molar-refractivity contribution in [3.8, 4) is 10.6 Å². The summed E-state index contributed by atoms with van der Waals surface area (Å²) in [6.07, 6.45) is 2.35. The highest BCUT2D eigenvalue weighted by Crippen LogP contribution is 2.35. The van der Waals surface area contributed by atoms with Crippen LogP contribution in [0.2, 0.25) is 0 Å². The van der Waals surface area contributed by atoms with Gasteiger partial charge in [-0.3, -0.25) is 4.90 Å². The first-order chi connectivity index (χ1) is 11.3. The summed E-state index contributed by atoms with van der Waals surface area (Å²) in [6.45, 7) is 5.14. The summed E-state index contributed by atoms with van der Waals surface area (Å²) in [5, 5.41) is 12.8. The molecule has 1 aliphatic rings. The molecule has 0 saturated carbocycles. The Labute approximate surface area is 143 Å². The molecule has 120 valence electrons. The van der Waals surface area contributed by atoms with Gasteiger partial charge in [0.05, 0.1) is 11.4 Å². The van der Waals surface area contributed by atoms with E-state index < -0.39 is 0 Å². The molecular weight excluding hydrogens is 328 g/mol.